The summed E-state index contributed by atoms with van der Waals surface area (Å²) in [5.74, 6) is 1.93. The fourth-order valence-electron chi connectivity index (χ4n) is 0.771. The van der Waals surface area contributed by atoms with Crippen molar-refractivity contribution in [2.75, 3.05) is 0 Å². The van der Waals surface area contributed by atoms with E-state index in [1.54, 1.807) is 11.3 Å². The van der Waals surface area contributed by atoms with Gasteiger partial charge >= 0.3 is 0 Å². The molecule has 10 heavy (non-hydrogen) atoms. The van der Waals surface area contributed by atoms with E-state index in [1.165, 1.54) is 0 Å². The average Bonchev–Trinajstić information content (AvgIpc) is 2.43. The molecule has 2 heteroatoms. The number of thiophene rings is 1. The molecule has 0 atom stereocenters. The van der Waals surface area contributed by atoms with Crippen molar-refractivity contribution in [3.63, 3.8) is 0 Å². The van der Waals surface area contributed by atoms with Crippen molar-refractivity contribution in [1.29, 1.82) is 0 Å². The highest BCUT2D eigenvalue weighted by Gasteiger charge is 1.98. The monoisotopic (exact) mass is 152 g/mol. The number of hydrogen-bond donors (Lipinski definition) is 0. The zero-order chi connectivity index (χ0) is 7.40. The Bertz CT molecular complexity index is 242. The van der Waals surface area contributed by atoms with Crippen LogP contribution < -0.4 is 0 Å². The Hall–Kier alpha value is -0.850. The quantitative estimate of drug-likeness (QED) is 0.594. The summed E-state index contributed by atoms with van der Waals surface area (Å²) in [6.07, 6.45) is 0.764. The van der Waals surface area contributed by atoms with E-state index >= 15 is 0 Å². The standard InChI is InChI=1S/C8H8OS/c1-2-7(5-9)8-3-4-10-6-8/h3-4,6H,2H2,1H3. The van der Waals surface area contributed by atoms with E-state index in [-0.39, 0.29) is 0 Å². The second kappa shape index (κ2) is 3.35. The van der Waals surface area contributed by atoms with Gasteiger partial charge in [0.1, 0.15) is 5.94 Å². The average molecular weight is 152 g/mol. The summed E-state index contributed by atoms with van der Waals surface area (Å²) in [4.78, 5) is 10.3. The maximum absolute atomic E-state index is 10.3. The van der Waals surface area contributed by atoms with Gasteiger partial charge in [0.2, 0.25) is 0 Å². The fourth-order valence-corrected chi connectivity index (χ4v) is 1.44. The molecule has 0 aromatic carbocycles. The van der Waals surface area contributed by atoms with Crippen LogP contribution >= 0.6 is 11.3 Å². The summed E-state index contributed by atoms with van der Waals surface area (Å²) >= 11 is 1.60. The lowest BCUT2D eigenvalue weighted by Crippen LogP contribution is -1.77. The van der Waals surface area contributed by atoms with Crippen LogP contribution in [-0.2, 0) is 4.79 Å². The minimum atomic E-state index is 0.764. The van der Waals surface area contributed by atoms with Crippen molar-refractivity contribution in [1.82, 2.24) is 0 Å². The molecule has 1 heterocycles. The van der Waals surface area contributed by atoms with Crippen LogP contribution in [0.1, 0.15) is 18.9 Å². The van der Waals surface area contributed by atoms with Gasteiger partial charge in [0.25, 0.3) is 0 Å². The molecular weight excluding hydrogens is 144 g/mol. The summed E-state index contributed by atoms with van der Waals surface area (Å²) < 4.78 is 0. The third kappa shape index (κ3) is 1.35. The molecule has 0 saturated heterocycles. The van der Waals surface area contributed by atoms with E-state index < -0.39 is 0 Å². The van der Waals surface area contributed by atoms with Crippen LogP contribution in [0.25, 0.3) is 5.57 Å². The molecule has 0 aliphatic heterocycles. The normalized spacial score (nSPS) is 8.90. The van der Waals surface area contributed by atoms with Gasteiger partial charge in [0.15, 0.2) is 0 Å². The molecule has 52 valence electrons. The van der Waals surface area contributed by atoms with Crippen molar-refractivity contribution in [2.45, 2.75) is 13.3 Å². The molecule has 0 spiro atoms. The van der Waals surface area contributed by atoms with Crippen molar-refractivity contribution in [3.05, 3.63) is 22.4 Å². The first-order chi connectivity index (χ1) is 4.88. The van der Waals surface area contributed by atoms with Crippen molar-refractivity contribution < 1.29 is 4.79 Å². The van der Waals surface area contributed by atoms with Crippen LogP contribution in [0.3, 0.4) is 0 Å². The zero-order valence-corrected chi connectivity index (χ0v) is 6.57. The summed E-state index contributed by atoms with van der Waals surface area (Å²) in [6.45, 7) is 1.96. The van der Waals surface area contributed by atoms with Gasteiger partial charge in [-0.2, -0.15) is 11.3 Å². The Morgan fingerprint density at radius 2 is 2.60 bits per heavy atom. The smallest absolute Gasteiger partial charge is 0.128 e. The predicted molar refractivity (Wildman–Crippen MR) is 43.7 cm³/mol. The first kappa shape index (κ1) is 7.26. The second-order valence-corrected chi connectivity index (χ2v) is 2.73. The third-order valence-electron chi connectivity index (χ3n) is 1.35. The summed E-state index contributed by atoms with van der Waals surface area (Å²) in [5, 5.41) is 3.92. The molecule has 0 aliphatic rings. The Balaban J connectivity index is 2.96. The highest BCUT2D eigenvalue weighted by molar-refractivity contribution is 7.08. The molecule has 0 saturated carbocycles. The summed E-state index contributed by atoms with van der Waals surface area (Å²) in [7, 11) is 0. The third-order valence-corrected chi connectivity index (χ3v) is 2.03. The first-order valence-corrected chi connectivity index (χ1v) is 4.09. The van der Waals surface area contributed by atoms with Gasteiger partial charge in [0, 0.05) is 5.57 Å². The lowest BCUT2D eigenvalue weighted by Gasteiger charge is -1.91. The molecule has 0 amide bonds. The van der Waals surface area contributed by atoms with E-state index in [0.29, 0.717) is 0 Å². The Kier molecular flexibility index (Phi) is 2.43. The van der Waals surface area contributed by atoms with Crippen LogP contribution in [-0.4, -0.2) is 5.94 Å². The predicted octanol–water partition coefficient (Wildman–Crippen LogP) is 2.37. The summed E-state index contributed by atoms with van der Waals surface area (Å²) in [5.41, 5.74) is 1.78. The Labute approximate surface area is 64.0 Å². The van der Waals surface area contributed by atoms with Crippen molar-refractivity contribution in [3.8, 4) is 0 Å². The van der Waals surface area contributed by atoms with Crippen molar-refractivity contribution in [2.24, 2.45) is 0 Å². The molecule has 1 aromatic heterocycles. The number of allylic oxidation sites excluding steroid dienone is 1. The maximum atomic E-state index is 10.3. The van der Waals surface area contributed by atoms with E-state index in [1.807, 2.05) is 29.7 Å². The van der Waals surface area contributed by atoms with Crippen LogP contribution in [0.15, 0.2) is 16.8 Å². The summed E-state index contributed by atoms with van der Waals surface area (Å²) in [6, 6.07) is 1.94. The van der Waals surface area contributed by atoms with Crippen LogP contribution in [0.4, 0.5) is 0 Å². The van der Waals surface area contributed by atoms with Crippen LogP contribution in [0.5, 0.6) is 0 Å². The van der Waals surface area contributed by atoms with Gasteiger partial charge in [-0.15, -0.1) is 0 Å². The Morgan fingerprint density at radius 3 is 3.00 bits per heavy atom. The van der Waals surface area contributed by atoms with Crippen molar-refractivity contribution >= 4 is 22.9 Å². The zero-order valence-electron chi connectivity index (χ0n) is 5.76. The van der Waals surface area contributed by atoms with Gasteiger partial charge in [0.05, 0.1) is 0 Å². The van der Waals surface area contributed by atoms with Gasteiger partial charge in [-0.25, -0.2) is 4.79 Å². The molecule has 0 radical (unpaired) electrons. The fraction of sp³-hybridized carbons (Fsp3) is 0.250. The second-order valence-electron chi connectivity index (χ2n) is 1.95. The number of carbonyl (C=O) groups excluding carboxylic acids is 1. The molecule has 1 rings (SSSR count). The van der Waals surface area contributed by atoms with E-state index in [2.05, 4.69) is 0 Å². The molecule has 0 bridgehead atoms. The van der Waals surface area contributed by atoms with E-state index in [9.17, 15) is 4.79 Å². The lowest BCUT2D eigenvalue weighted by molar-refractivity contribution is 0.569. The maximum Gasteiger partial charge on any atom is 0.128 e. The minimum Gasteiger partial charge on any atom is -0.233 e. The molecule has 0 N–H and O–H groups in total. The molecule has 0 aliphatic carbocycles. The first-order valence-electron chi connectivity index (χ1n) is 3.15. The van der Waals surface area contributed by atoms with Gasteiger partial charge in [-0.05, 0) is 28.8 Å². The van der Waals surface area contributed by atoms with Crippen LogP contribution in [0, 0.1) is 0 Å². The van der Waals surface area contributed by atoms with E-state index in [0.717, 1.165) is 17.6 Å². The van der Waals surface area contributed by atoms with Gasteiger partial charge < -0.3 is 0 Å². The molecule has 0 unspecified atom stereocenters. The molecular formula is C8H8OS. The van der Waals surface area contributed by atoms with Gasteiger partial charge in [-0.1, -0.05) is 6.92 Å². The Morgan fingerprint density at radius 1 is 1.80 bits per heavy atom. The number of hydrogen-bond acceptors (Lipinski definition) is 2. The molecule has 0 fully saturated rings. The molecule has 1 nitrogen and oxygen atoms in total. The molecule has 1 aromatic rings. The highest BCUT2D eigenvalue weighted by Crippen LogP contribution is 2.17. The number of rotatable bonds is 2. The highest BCUT2D eigenvalue weighted by atomic mass is 32.1. The van der Waals surface area contributed by atoms with E-state index in [4.69, 9.17) is 0 Å². The topological polar surface area (TPSA) is 17.1 Å². The lowest BCUT2D eigenvalue weighted by atomic mass is 10.1. The largest absolute Gasteiger partial charge is 0.233 e. The minimum absolute atomic E-state index is 0.764. The SMILES string of the molecule is CCC(=C=O)c1ccsc1. The van der Waals surface area contributed by atoms with Gasteiger partial charge in [-0.3, -0.25) is 0 Å². The van der Waals surface area contributed by atoms with Crippen LogP contribution in [0.2, 0.25) is 0 Å².